The van der Waals surface area contributed by atoms with Crippen LogP contribution in [-0.2, 0) is 11.5 Å². The topological polar surface area (TPSA) is 39.9 Å². The van der Waals surface area contributed by atoms with Crippen molar-refractivity contribution in [1.82, 2.24) is 14.5 Å². The number of aromatic nitrogens is 3. The van der Waals surface area contributed by atoms with Crippen LogP contribution < -0.4 is 0 Å². The van der Waals surface area contributed by atoms with Crippen LogP contribution in [0, 0.1) is 0 Å². The Morgan fingerprint density at radius 2 is 2.11 bits per heavy atom. The average molecular weight is 284 g/mol. The highest BCUT2D eigenvalue weighted by Gasteiger charge is 2.12. The summed E-state index contributed by atoms with van der Waals surface area (Å²) in [7, 11) is -1.02. The van der Waals surface area contributed by atoms with E-state index in [2.05, 4.69) is 29.6 Å². The molecule has 2 heterocycles. The van der Waals surface area contributed by atoms with Crippen LogP contribution in [0.4, 0.5) is 0 Å². The smallest absolute Gasteiger partial charge is 0.156 e. The van der Waals surface area contributed by atoms with Crippen LogP contribution in [0.25, 0.3) is 11.0 Å². The zero-order valence-electron chi connectivity index (χ0n) is 11.0. The van der Waals surface area contributed by atoms with Crippen LogP contribution in [0.5, 0.6) is 0 Å². The Morgan fingerprint density at radius 3 is 2.83 bits per heavy atom. The molecule has 4 nitrogen and oxygen atoms in total. The molecule has 0 N–H and O–H groups in total. The molecule has 0 atom stereocenters. The molecule has 0 aliphatic rings. The fourth-order valence-electron chi connectivity index (χ4n) is 1.60. The number of imidazole rings is 1. The Kier molecular flexibility index (Phi) is 4.04. The summed E-state index contributed by atoms with van der Waals surface area (Å²) < 4.78 is 7.65. The molecule has 0 amide bonds. The molecule has 0 radical (unpaired) electrons. The van der Waals surface area contributed by atoms with Crippen LogP contribution in [0.2, 0.25) is 30.8 Å². The number of fused-ring (bicyclic) bond motifs is 1. The van der Waals surface area contributed by atoms with Gasteiger partial charge in [0.1, 0.15) is 12.2 Å². The molecule has 2 aromatic heterocycles. The van der Waals surface area contributed by atoms with E-state index in [9.17, 15) is 0 Å². The van der Waals surface area contributed by atoms with E-state index in [1.807, 2.05) is 10.6 Å². The molecule has 2 aromatic rings. The van der Waals surface area contributed by atoms with E-state index >= 15 is 0 Å². The number of hydrogen-bond acceptors (Lipinski definition) is 3. The van der Waals surface area contributed by atoms with E-state index in [4.69, 9.17) is 16.3 Å². The Balaban J connectivity index is 1.98. The van der Waals surface area contributed by atoms with Crippen molar-refractivity contribution in [1.29, 1.82) is 0 Å². The lowest BCUT2D eigenvalue weighted by Crippen LogP contribution is -2.21. The molecule has 0 aliphatic heterocycles. The molecular weight excluding hydrogens is 266 g/mol. The van der Waals surface area contributed by atoms with E-state index in [1.165, 1.54) is 6.04 Å². The van der Waals surface area contributed by atoms with E-state index in [0.29, 0.717) is 11.9 Å². The summed E-state index contributed by atoms with van der Waals surface area (Å²) in [5.74, 6) is 0. The van der Waals surface area contributed by atoms with Crippen molar-refractivity contribution < 1.29 is 4.74 Å². The van der Waals surface area contributed by atoms with Gasteiger partial charge in [-0.3, -0.25) is 0 Å². The first-order valence-corrected chi connectivity index (χ1v) is 10.1. The van der Waals surface area contributed by atoms with Gasteiger partial charge in [-0.2, -0.15) is 0 Å². The minimum Gasteiger partial charge on any atom is -0.361 e. The van der Waals surface area contributed by atoms with Crippen molar-refractivity contribution in [2.45, 2.75) is 32.4 Å². The maximum Gasteiger partial charge on any atom is 0.156 e. The van der Waals surface area contributed by atoms with E-state index in [1.54, 1.807) is 12.5 Å². The molecule has 2 rings (SSSR count). The summed E-state index contributed by atoms with van der Waals surface area (Å²) in [6, 6.07) is 3.07. The molecule has 0 spiro atoms. The van der Waals surface area contributed by atoms with Gasteiger partial charge in [-0.25, -0.2) is 9.97 Å². The van der Waals surface area contributed by atoms with Gasteiger partial charge in [-0.05, 0) is 12.1 Å². The van der Waals surface area contributed by atoms with Crippen LogP contribution in [-0.4, -0.2) is 29.2 Å². The summed E-state index contributed by atoms with van der Waals surface area (Å²) in [4.78, 5) is 8.25. The summed E-state index contributed by atoms with van der Waals surface area (Å²) in [5.41, 5.74) is 1.69. The first kappa shape index (κ1) is 13.5. The molecule has 0 unspecified atom stereocenters. The largest absolute Gasteiger partial charge is 0.361 e. The number of nitrogens with zero attached hydrogens (tertiary/aromatic N) is 3. The Labute approximate surface area is 113 Å². The van der Waals surface area contributed by atoms with Gasteiger partial charge in [-0.15, -0.1) is 0 Å². The average Bonchev–Trinajstić information content (AvgIpc) is 2.68. The Hall–Kier alpha value is -0.913. The van der Waals surface area contributed by atoms with Gasteiger partial charge in [0.25, 0.3) is 0 Å². The fraction of sp³-hybridized carbons (Fsp3) is 0.500. The highest BCUT2D eigenvalue weighted by atomic mass is 35.5. The second kappa shape index (κ2) is 5.38. The molecule has 0 aliphatic carbocycles. The van der Waals surface area contributed by atoms with Gasteiger partial charge in [-0.1, -0.05) is 31.2 Å². The van der Waals surface area contributed by atoms with Crippen LogP contribution in [0.15, 0.2) is 18.6 Å². The molecule has 0 saturated carbocycles. The highest BCUT2D eigenvalue weighted by molar-refractivity contribution is 6.76. The van der Waals surface area contributed by atoms with Crippen molar-refractivity contribution >= 4 is 30.7 Å². The predicted molar refractivity (Wildman–Crippen MR) is 76.6 cm³/mol. The molecule has 0 fully saturated rings. The molecule has 0 saturated heterocycles. The maximum absolute atomic E-state index is 5.97. The fourth-order valence-corrected chi connectivity index (χ4v) is 2.56. The zero-order chi connectivity index (χ0) is 13.2. The molecule has 18 heavy (non-hydrogen) atoms. The molecule has 0 aromatic carbocycles. The lowest BCUT2D eigenvalue weighted by molar-refractivity contribution is 0.0898. The highest BCUT2D eigenvalue weighted by Crippen LogP contribution is 2.19. The molecule has 0 bridgehead atoms. The number of hydrogen-bond donors (Lipinski definition) is 0. The lowest BCUT2D eigenvalue weighted by atomic mass is 10.4. The van der Waals surface area contributed by atoms with Gasteiger partial charge < -0.3 is 9.30 Å². The lowest BCUT2D eigenvalue weighted by Gasteiger charge is -2.15. The van der Waals surface area contributed by atoms with Crippen molar-refractivity contribution in [3.8, 4) is 0 Å². The number of rotatable bonds is 5. The molecular formula is C12H18ClN3OSi. The number of pyridine rings is 1. The SMILES string of the molecule is C[Si](C)(C)CCOCn1cnc2c(Cl)nccc21. The van der Waals surface area contributed by atoms with E-state index in [-0.39, 0.29) is 0 Å². The van der Waals surface area contributed by atoms with Gasteiger partial charge in [0.2, 0.25) is 0 Å². The second-order valence-electron chi connectivity index (χ2n) is 5.53. The van der Waals surface area contributed by atoms with Gasteiger partial charge in [0.05, 0.1) is 11.8 Å². The maximum atomic E-state index is 5.97. The first-order chi connectivity index (χ1) is 8.47. The van der Waals surface area contributed by atoms with Crippen LogP contribution in [0.3, 0.4) is 0 Å². The normalized spacial score (nSPS) is 12.2. The third-order valence-corrected chi connectivity index (χ3v) is 4.70. The van der Waals surface area contributed by atoms with E-state index in [0.717, 1.165) is 17.6 Å². The van der Waals surface area contributed by atoms with Crippen molar-refractivity contribution in [3.63, 3.8) is 0 Å². The standard InChI is InChI=1S/C12H18ClN3OSi/c1-18(2,3)7-6-17-9-16-8-15-11-10(16)4-5-14-12(11)13/h4-5,8H,6-7,9H2,1-3H3. The Morgan fingerprint density at radius 1 is 1.33 bits per heavy atom. The molecule has 6 heteroatoms. The predicted octanol–water partition coefficient (Wildman–Crippen LogP) is 3.40. The summed E-state index contributed by atoms with van der Waals surface area (Å²) in [6.07, 6.45) is 3.43. The van der Waals surface area contributed by atoms with Crippen molar-refractivity contribution in [2.75, 3.05) is 6.61 Å². The monoisotopic (exact) mass is 283 g/mol. The van der Waals surface area contributed by atoms with Crippen LogP contribution >= 0.6 is 11.6 Å². The first-order valence-electron chi connectivity index (χ1n) is 6.00. The number of ether oxygens (including phenoxy) is 1. The van der Waals surface area contributed by atoms with E-state index < -0.39 is 8.07 Å². The van der Waals surface area contributed by atoms with Crippen LogP contribution in [0.1, 0.15) is 0 Å². The third-order valence-electron chi connectivity index (χ3n) is 2.72. The summed E-state index contributed by atoms with van der Waals surface area (Å²) in [5, 5.41) is 0.438. The quantitative estimate of drug-likeness (QED) is 0.480. The van der Waals surface area contributed by atoms with Crippen molar-refractivity contribution in [3.05, 3.63) is 23.7 Å². The second-order valence-corrected chi connectivity index (χ2v) is 11.5. The third kappa shape index (κ3) is 3.31. The minimum atomic E-state index is -1.02. The Bertz CT molecular complexity index is 536. The summed E-state index contributed by atoms with van der Waals surface area (Å²) >= 11 is 5.97. The van der Waals surface area contributed by atoms with Crippen molar-refractivity contribution in [2.24, 2.45) is 0 Å². The van der Waals surface area contributed by atoms with Gasteiger partial charge >= 0.3 is 0 Å². The molecule has 98 valence electrons. The zero-order valence-corrected chi connectivity index (χ0v) is 12.7. The minimum absolute atomic E-state index is 0.438. The van der Waals surface area contributed by atoms with Gasteiger partial charge in [0.15, 0.2) is 5.15 Å². The van der Waals surface area contributed by atoms with Gasteiger partial charge in [0, 0.05) is 20.9 Å². The number of halogens is 1. The summed E-state index contributed by atoms with van der Waals surface area (Å²) in [6.45, 7) is 8.34.